The number of ether oxygens (including phenoxy) is 1. The van der Waals surface area contributed by atoms with Crippen LogP contribution in [-0.2, 0) is 14.8 Å². The largest absolute Gasteiger partial charge is 0.495 e. The molecule has 0 saturated heterocycles. The van der Waals surface area contributed by atoms with E-state index in [9.17, 15) is 13.2 Å². The predicted octanol–water partition coefficient (Wildman–Crippen LogP) is 3.84. The summed E-state index contributed by atoms with van der Waals surface area (Å²) in [4.78, 5) is 12.9. The van der Waals surface area contributed by atoms with Gasteiger partial charge in [0.1, 0.15) is 11.8 Å². The van der Waals surface area contributed by atoms with Crippen LogP contribution in [0, 0.1) is 6.92 Å². The molecule has 0 saturated carbocycles. The van der Waals surface area contributed by atoms with E-state index in [2.05, 4.69) is 5.32 Å². The Morgan fingerprint density at radius 3 is 2.37 bits per heavy atom. The third-order valence-corrected chi connectivity index (χ3v) is 5.45. The minimum absolute atomic E-state index is 0.287. The molecule has 0 aliphatic heterocycles. The molecular formula is C19H23ClN2O4S. The summed E-state index contributed by atoms with van der Waals surface area (Å²) in [6, 6.07) is 10.9. The number of nitrogens with one attached hydrogen (secondary N) is 1. The van der Waals surface area contributed by atoms with E-state index in [1.54, 1.807) is 49.4 Å². The van der Waals surface area contributed by atoms with Crippen molar-refractivity contribution >= 4 is 38.9 Å². The van der Waals surface area contributed by atoms with E-state index in [0.29, 0.717) is 22.1 Å². The van der Waals surface area contributed by atoms with Crippen molar-refractivity contribution in [1.82, 2.24) is 0 Å². The molecule has 2 rings (SSSR count). The molecule has 1 N–H and O–H groups in total. The number of hydrogen-bond acceptors (Lipinski definition) is 4. The predicted molar refractivity (Wildman–Crippen MR) is 109 cm³/mol. The molecule has 6 nitrogen and oxygen atoms in total. The number of amides is 1. The van der Waals surface area contributed by atoms with Crippen LogP contribution in [0.1, 0.15) is 18.9 Å². The van der Waals surface area contributed by atoms with Crippen molar-refractivity contribution in [3.8, 4) is 5.75 Å². The summed E-state index contributed by atoms with van der Waals surface area (Å²) in [7, 11) is -2.21. The Kier molecular flexibility index (Phi) is 6.73. The maximum absolute atomic E-state index is 12.9. The highest BCUT2D eigenvalue weighted by atomic mass is 35.5. The number of nitrogens with zero attached hydrogens (tertiary/aromatic N) is 1. The number of rotatable bonds is 7. The smallest absolute Gasteiger partial charge is 0.248 e. The minimum atomic E-state index is -3.69. The molecule has 1 atom stereocenters. The van der Waals surface area contributed by atoms with Gasteiger partial charge in [0, 0.05) is 5.02 Å². The molecule has 0 heterocycles. The molecule has 146 valence electrons. The number of benzene rings is 2. The first kappa shape index (κ1) is 21.1. The Labute approximate surface area is 165 Å². The van der Waals surface area contributed by atoms with Gasteiger partial charge < -0.3 is 10.1 Å². The molecule has 0 fully saturated rings. The van der Waals surface area contributed by atoms with Crippen LogP contribution in [0.5, 0.6) is 5.75 Å². The molecule has 0 bridgehead atoms. The molecule has 1 unspecified atom stereocenters. The van der Waals surface area contributed by atoms with Gasteiger partial charge in [0.2, 0.25) is 15.9 Å². The van der Waals surface area contributed by atoms with E-state index in [4.69, 9.17) is 16.3 Å². The number of halogens is 1. The van der Waals surface area contributed by atoms with Crippen molar-refractivity contribution in [2.24, 2.45) is 0 Å². The van der Waals surface area contributed by atoms with Gasteiger partial charge in [0.25, 0.3) is 0 Å². The third kappa shape index (κ3) is 5.14. The Balaban J connectivity index is 2.41. The zero-order valence-corrected chi connectivity index (χ0v) is 17.3. The van der Waals surface area contributed by atoms with E-state index in [1.165, 1.54) is 7.11 Å². The Morgan fingerprint density at radius 2 is 1.85 bits per heavy atom. The SMILES string of the molecule is CCC(C(=O)Nc1cc(Cl)ccc1OC)N(c1ccc(C)cc1)S(C)(=O)=O. The number of anilines is 2. The second-order valence-electron chi connectivity index (χ2n) is 6.15. The highest BCUT2D eigenvalue weighted by Gasteiger charge is 2.31. The lowest BCUT2D eigenvalue weighted by Gasteiger charge is -2.30. The summed E-state index contributed by atoms with van der Waals surface area (Å²) in [5.41, 5.74) is 1.81. The van der Waals surface area contributed by atoms with Gasteiger partial charge in [0.05, 0.1) is 24.7 Å². The van der Waals surface area contributed by atoms with Gasteiger partial charge in [-0.3, -0.25) is 9.10 Å². The highest BCUT2D eigenvalue weighted by Crippen LogP contribution is 2.29. The summed E-state index contributed by atoms with van der Waals surface area (Å²) >= 11 is 6.00. The fraction of sp³-hybridized carbons (Fsp3) is 0.316. The van der Waals surface area contributed by atoms with Gasteiger partial charge >= 0.3 is 0 Å². The van der Waals surface area contributed by atoms with Crippen molar-refractivity contribution in [2.75, 3.05) is 23.0 Å². The van der Waals surface area contributed by atoms with Gasteiger partial charge in [-0.1, -0.05) is 36.2 Å². The molecule has 2 aromatic rings. The molecule has 0 aromatic heterocycles. The third-order valence-electron chi connectivity index (χ3n) is 4.04. The molecular weight excluding hydrogens is 388 g/mol. The van der Waals surface area contributed by atoms with Crippen LogP contribution in [0.15, 0.2) is 42.5 Å². The lowest BCUT2D eigenvalue weighted by Crippen LogP contribution is -2.47. The normalized spacial score (nSPS) is 12.3. The topological polar surface area (TPSA) is 75.7 Å². The lowest BCUT2D eigenvalue weighted by molar-refractivity contribution is -0.117. The van der Waals surface area contributed by atoms with Crippen LogP contribution >= 0.6 is 11.6 Å². The molecule has 0 radical (unpaired) electrons. The summed E-state index contributed by atoms with van der Waals surface area (Å²) < 4.78 is 31.3. The van der Waals surface area contributed by atoms with E-state index in [0.717, 1.165) is 16.1 Å². The monoisotopic (exact) mass is 410 g/mol. The van der Waals surface area contributed by atoms with Gasteiger partial charge in [-0.25, -0.2) is 8.42 Å². The van der Waals surface area contributed by atoms with Crippen LogP contribution in [0.25, 0.3) is 0 Å². The molecule has 27 heavy (non-hydrogen) atoms. The first-order chi connectivity index (χ1) is 12.7. The summed E-state index contributed by atoms with van der Waals surface area (Å²) in [6.07, 6.45) is 1.37. The molecule has 8 heteroatoms. The fourth-order valence-electron chi connectivity index (χ4n) is 2.75. The van der Waals surface area contributed by atoms with Crippen molar-refractivity contribution in [2.45, 2.75) is 26.3 Å². The van der Waals surface area contributed by atoms with Crippen LogP contribution in [0.4, 0.5) is 11.4 Å². The molecule has 0 aliphatic carbocycles. The summed E-state index contributed by atoms with van der Waals surface area (Å²) in [6.45, 7) is 3.66. The number of sulfonamides is 1. The summed E-state index contributed by atoms with van der Waals surface area (Å²) in [5.74, 6) is -0.0343. The highest BCUT2D eigenvalue weighted by molar-refractivity contribution is 7.92. The van der Waals surface area contributed by atoms with E-state index >= 15 is 0 Å². The Hall–Kier alpha value is -2.25. The average Bonchev–Trinajstić information content (AvgIpc) is 2.59. The standard InChI is InChI=1S/C19H23ClN2O4S/c1-5-17(19(23)21-16-12-14(20)8-11-18(16)26-3)22(27(4,24)25)15-9-6-13(2)7-10-15/h6-12,17H,5H2,1-4H3,(H,21,23). The minimum Gasteiger partial charge on any atom is -0.495 e. The van der Waals surface area contributed by atoms with Gasteiger partial charge in [-0.05, 0) is 43.7 Å². The molecule has 0 aliphatic rings. The fourth-order valence-corrected chi connectivity index (χ4v) is 4.13. The first-order valence-electron chi connectivity index (χ1n) is 8.37. The van der Waals surface area contributed by atoms with Crippen LogP contribution in [-0.4, -0.2) is 33.7 Å². The second kappa shape index (κ2) is 8.63. The van der Waals surface area contributed by atoms with Crippen LogP contribution < -0.4 is 14.4 Å². The number of methoxy groups -OCH3 is 1. The molecule has 0 spiro atoms. The quantitative estimate of drug-likeness (QED) is 0.752. The zero-order chi connectivity index (χ0) is 20.2. The zero-order valence-electron chi connectivity index (χ0n) is 15.7. The van der Waals surface area contributed by atoms with Gasteiger partial charge in [-0.2, -0.15) is 0 Å². The number of aryl methyl sites for hydroxylation is 1. The van der Waals surface area contributed by atoms with E-state index in [-0.39, 0.29) is 6.42 Å². The van der Waals surface area contributed by atoms with Crippen LogP contribution in [0.2, 0.25) is 5.02 Å². The lowest BCUT2D eigenvalue weighted by atomic mass is 10.1. The van der Waals surface area contributed by atoms with E-state index < -0.39 is 22.0 Å². The maximum atomic E-state index is 12.9. The number of hydrogen-bond donors (Lipinski definition) is 1. The van der Waals surface area contributed by atoms with Crippen molar-refractivity contribution in [3.05, 3.63) is 53.1 Å². The first-order valence-corrected chi connectivity index (χ1v) is 10.6. The van der Waals surface area contributed by atoms with Gasteiger partial charge in [0.15, 0.2) is 0 Å². The summed E-state index contributed by atoms with van der Waals surface area (Å²) in [5, 5.41) is 3.16. The van der Waals surface area contributed by atoms with Gasteiger partial charge in [-0.15, -0.1) is 0 Å². The number of carbonyl (C=O) groups excluding carboxylic acids is 1. The van der Waals surface area contributed by atoms with Crippen molar-refractivity contribution in [1.29, 1.82) is 0 Å². The van der Waals surface area contributed by atoms with Crippen molar-refractivity contribution < 1.29 is 17.9 Å². The molecule has 1 amide bonds. The van der Waals surface area contributed by atoms with Crippen molar-refractivity contribution in [3.63, 3.8) is 0 Å². The Bertz CT molecular complexity index is 914. The Morgan fingerprint density at radius 1 is 1.22 bits per heavy atom. The van der Waals surface area contributed by atoms with Crippen LogP contribution in [0.3, 0.4) is 0 Å². The van der Waals surface area contributed by atoms with E-state index in [1.807, 2.05) is 6.92 Å². The average molecular weight is 411 g/mol. The maximum Gasteiger partial charge on any atom is 0.248 e. The second-order valence-corrected chi connectivity index (χ2v) is 8.45. The molecule has 2 aromatic carbocycles. The number of carbonyl (C=O) groups is 1.